The highest BCUT2D eigenvalue weighted by Crippen LogP contribution is 2.39. The minimum absolute atomic E-state index is 0.178. The van der Waals surface area contributed by atoms with Crippen molar-refractivity contribution in [2.75, 3.05) is 6.61 Å². The molecule has 3 rings (SSSR count). The molecule has 0 bridgehead atoms. The maximum absolute atomic E-state index is 12.6. The number of hydrogen-bond donors (Lipinski definition) is 0. The average Bonchev–Trinajstić information content (AvgIpc) is 2.56. The van der Waals surface area contributed by atoms with Gasteiger partial charge in [0.15, 0.2) is 6.61 Å². The van der Waals surface area contributed by atoms with E-state index in [-0.39, 0.29) is 12.0 Å². The van der Waals surface area contributed by atoms with Gasteiger partial charge in [-0.05, 0) is 42.2 Å². The van der Waals surface area contributed by atoms with Gasteiger partial charge in [-0.2, -0.15) is 5.26 Å². The first-order valence-corrected chi connectivity index (χ1v) is 8.36. The molecule has 2 aromatic rings. The zero-order valence-corrected chi connectivity index (χ0v) is 14.4. The summed E-state index contributed by atoms with van der Waals surface area (Å²) in [5.74, 6) is 0.0800. The lowest BCUT2D eigenvalue weighted by Gasteiger charge is -2.35. The van der Waals surface area contributed by atoms with E-state index in [1.54, 1.807) is 0 Å². The lowest BCUT2D eigenvalue weighted by molar-refractivity contribution is 0.0554. The van der Waals surface area contributed by atoms with Crippen molar-refractivity contribution < 1.29 is 9.53 Å². The Balaban J connectivity index is 2.16. The molecule has 0 saturated carbocycles. The van der Waals surface area contributed by atoms with Crippen LogP contribution in [-0.2, 0) is 17.6 Å². The molecule has 0 N–H and O–H groups in total. The normalized spacial score (nSPS) is 17.2. The number of nitriles is 1. The molecule has 0 fully saturated rings. The van der Waals surface area contributed by atoms with Crippen LogP contribution in [0, 0.1) is 22.7 Å². The SMILES string of the molecule is CC(C)(C)[C@H]1CCc2nc3ccccc3c(C(=O)OCC#N)c2C1. The van der Waals surface area contributed by atoms with Gasteiger partial charge < -0.3 is 4.74 Å². The van der Waals surface area contributed by atoms with E-state index in [0.717, 1.165) is 41.4 Å². The fraction of sp³-hybridized carbons (Fsp3) is 0.450. The van der Waals surface area contributed by atoms with Gasteiger partial charge in [0, 0.05) is 11.1 Å². The van der Waals surface area contributed by atoms with E-state index in [2.05, 4.69) is 20.8 Å². The van der Waals surface area contributed by atoms with Crippen molar-refractivity contribution in [2.45, 2.75) is 40.0 Å². The number of fused-ring (bicyclic) bond motifs is 2. The van der Waals surface area contributed by atoms with Crippen molar-refractivity contribution in [3.8, 4) is 6.07 Å². The van der Waals surface area contributed by atoms with Gasteiger partial charge in [0.05, 0.1) is 11.1 Å². The molecule has 1 heterocycles. The summed E-state index contributed by atoms with van der Waals surface area (Å²) in [4.78, 5) is 17.4. The number of nitrogens with zero attached hydrogens (tertiary/aromatic N) is 2. The van der Waals surface area contributed by atoms with E-state index in [9.17, 15) is 4.79 Å². The highest BCUT2D eigenvalue weighted by molar-refractivity contribution is 6.05. The summed E-state index contributed by atoms with van der Waals surface area (Å²) >= 11 is 0. The Morgan fingerprint density at radius 2 is 2.12 bits per heavy atom. The van der Waals surface area contributed by atoms with Crippen LogP contribution in [0.25, 0.3) is 10.9 Å². The first-order chi connectivity index (χ1) is 11.4. The van der Waals surface area contributed by atoms with E-state index < -0.39 is 5.97 Å². The van der Waals surface area contributed by atoms with Gasteiger partial charge in [-0.15, -0.1) is 0 Å². The van der Waals surface area contributed by atoms with E-state index in [1.807, 2.05) is 30.3 Å². The van der Waals surface area contributed by atoms with Crippen LogP contribution in [0.2, 0.25) is 0 Å². The predicted octanol–water partition coefficient (Wildman–Crippen LogP) is 4.07. The highest BCUT2D eigenvalue weighted by atomic mass is 16.5. The summed E-state index contributed by atoms with van der Waals surface area (Å²) in [6, 6.07) is 9.53. The van der Waals surface area contributed by atoms with Crippen LogP contribution in [0.3, 0.4) is 0 Å². The van der Waals surface area contributed by atoms with Crippen LogP contribution >= 0.6 is 0 Å². The lowest BCUT2D eigenvalue weighted by atomic mass is 9.70. The molecule has 124 valence electrons. The molecule has 1 atom stereocenters. The Hall–Kier alpha value is -2.41. The number of esters is 1. The average molecular weight is 322 g/mol. The minimum Gasteiger partial charge on any atom is -0.447 e. The minimum atomic E-state index is -0.416. The van der Waals surface area contributed by atoms with Crippen molar-refractivity contribution >= 4 is 16.9 Å². The van der Waals surface area contributed by atoms with Crippen molar-refractivity contribution in [3.05, 3.63) is 41.1 Å². The number of carbonyl (C=O) groups is 1. The molecule has 1 aromatic heterocycles. The van der Waals surface area contributed by atoms with Crippen LogP contribution in [0.15, 0.2) is 24.3 Å². The Morgan fingerprint density at radius 3 is 2.83 bits per heavy atom. The molecule has 1 aromatic carbocycles. The second-order valence-corrected chi connectivity index (χ2v) is 7.47. The molecule has 1 aliphatic carbocycles. The number of aryl methyl sites for hydroxylation is 1. The van der Waals surface area contributed by atoms with Gasteiger partial charge in [-0.3, -0.25) is 4.98 Å². The Kier molecular flexibility index (Phi) is 4.28. The largest absolute Gasteiger partial charge is 0.447 e. The van der Waals surface area contributed by atoms with Gasteiger partial charge in [0.2, 0.25) is 0 Å². The number of pyridine rings is 1. The monoisotopic (exact) mass is 322 g/mol. The van der Waals surface area contributed by atoms with Gasteiger partial charge in [-0.25, -0.2) is 4.79 Å². The molecule has 0 spiro atoms. The quantitative estimate of drug-likeness (QED) is 0.782. The molecule has 0 unspecified atom stereocenters. The zero-order valence-electron chi connectivity index (χ0n) is 14.4. The van der Waals surface area contributed by atoms with Crippen molar-refractivity contribution in [3.63, 3.8) is 0 Å². The summed E-state index contributed by atoms with van der Waals surface area (Å²) < 4.78 is 5.14. The highest BCUT2D eigenvalue weighted by Gasteiger charge is 2.33. The number of carbonyl (C=O) groups excluding carboxylic acids is 1. The molecule has 0 amide bonds. The lowest BCUT2D eigenvalue weighted by Crippen LogP contribution is -2.29. The van der Waals surface area contributed by atoms with E-state index in [0.29, 0.717) is 11.5 Å². The van der Waals surface area contributed by atoms with Crippen LogP contribution in [-0.4, -0.2) is 17.6 Å². The van der Waals surface area contributed by atoms with Crippen molar-refractivity contribution in [1.29, 1.82) is 5.26 Å². The van der Waals surface area contributed by atoms with Crippen LogP contribution in [0.1, 0.15) is 48.8 Å². The molecular weight excluding hydrogens is 300 g/mol. The number of ether oxygens (including phenoxy) is 1. The number of hydrogen-bond acceptors (Lipinski definition) is 4. The number of aromatic nitrogens is 1. The summed E-state index contributed by atoms with van der Waals surface area (Å²) in [5, 5.41) is 9.54. The summed E-state index contributed by atoms with van der Waals surface area (Å²) in [6.07, 6.45) is 2.78. The van der Waals surface area contributed by atoms with E-state index >= 15 is 0 Å². The van der Waals surface area contributed by atoms with Crippen LogP contribution in [0.5, 0.6) is 0 Å². The zero-order chi connectivity index (χ0) is 17.3. The third kappa shape index (κ3) is 2.99. The third-order valence-electron chi connectivity index (χ3n) is 4.96. The summed E-state index contributed by atoms with van der Waals surface area (Å²) in [5.41, 5.74) is 3.59. The molecule has 0 saturated heterocycles. The van der Waals surface area contributed by atoms with Crippen molar-refractivity contribution in [1.82, 2.24) is 4.98 Å². The maximum atomic E-state index is 12.6. The molecule has 4 heteroatoms. The molecule has 24 heavy (non-hydrogen) atoms. The fourth-order valence-electron chi connectivity index (χ4n) is 3.53. The molecule has 0 radical (unpaired) electrons. The second-order valence-electron chi connectivity index (χ2n) is 7.47. The van der Waals surface area contributed by atoms with Gasteiger partial charge >= 0.3 is 5.97 Å². The number of para-hydroxylation sites is 1. The molecule has 4 nitrogen and oxygen atoms in total. The maximum Gasteiger partial charge on any atom is 0.340 e. The summed E-state index contributed by atoms with van der Waals surface area (Å²) in [6.45, 7) is 6.49. The first-order valence-electron chi connectivity index (χ1n) is 8.36. The Morgan fingerprint density at radius 1 is 1.38 bits per heavy atom. The first kappa shape index (κ1) is 16.4. The second kappa shape index (κ2) is 6.24. The topological polar surface area (TPSA) is 63.0 Å². The summed E-state index contributed by atoms with van der Waals surface area (Å²) in [7, 11) is 0. The Bertz CT molecular complexity index is 828. The molecular formula is C20H22N2O2. The van der Waals surface area contributed by atoms with E-state index in [1.165, 1.54) is 0 Å². The van der Waals surface area contributed by atoms with Gasteiger partial charge in [-0.1, -0.05) is 39.0 Å². The fourth-order valence-corrected chi connectivity index (χ4v) is 3.53. The van der Waals surface area contributed by atoms with Gasteiger partial charge in [0.25, 0.3) is 0 Å². The molecule has 1 aliphatic rings. The number of rotatable bonds is 2. The van der Waals surface area contributed by atoms with Crippen LogP contribution < -0.4 is 0 Å². The predicted molar refractivity (Wildman–Crippen MR) is 92.6 cm³/mol. The smallest absolute Gasteiger partial charge is 0.340 e. The third-order valence-corrected chi connectivity index (χ3v) is 4.96. The standard InChI is InChI=1S/C20H22N2O2/c1-20(2,3)13-8-9-17-15(12-13)18(19(23)24-11-10-21)14-6-4-5-7-16(14)22-17/h4-7,13H,8-9,11-12H2,1-3H3/t13-/m0/s1. The van der Waals surface area contributed by atoms with Crippen molar-refractivity contribution in [2.24, 2.45) is 11.3 Å². The van der Waals surface area contributed by atoms with E-state index in [4.69, 9.17) is 15.0 Å². The van der Waals surface area contributed by atoms with Crippen LogP contribution in [0.4, 0.5) is 0 Å². The number of benzene rings is 1. The molecule has 0 aliphatic heterocycles. The Labute approximate surface area is 142 Å². The van der Waals surface area contributed by atoms with Gasteiger partial charge in [0.1, 0.15) is 6.07 Å².